The van der Waals surface area contributed by atoms with E-state index in [4.69, 9.17) is 5.73 Å². The SMILES string of the molecule is CN1CCN(Cc2ccc(C(=O)N3CCC(N)C(C)(C)C3)cc2)CC1. The van der Waals surface area contributed by atoms with E-state index in [2.05, 4.69) is 42.8 Å². The van der Waals surface area contributed by atoms with Crippen LogP contribution in [-0.2, 0) is 6.54 Å². The summed E-state index contributed by atoms with van der Waals surface area (Å²) < 4.78 is 0. The van der Waals surface area contributed by atoms with Gasteiger partial charge in [-0.2, -0.15) is 0 Å². The Kier molecular flexibility index (Phi) is 5.46. The fourth-order valence-electron chi connectivity index (χ4n) is 3.75. The van der Waals surface area contributed by atoms with Crippen LogP contribution in [0.4, 0.5) is 0 Å². The molecule has 2 saturated heterocycles. The number of carbonyl (C=O) groups is 1. The molecule has 0 bridgehead atoms. The number of likely N-dealkylation sites (tertiary alicyclic amines) is 1. The van der Waals surface area contributed by atoms with Gasteiger partial charge in [-0.15, -0.1) is 0 Å². The molecule has 5 nitrogen and oxygen atoms in total. The molecule has 2 fully saturated rings. The van der Waals surface area contributed by atoms with Crippen molar-refractivity contribution in [2.45, 2.75) is 32.9 Å². The Morgan fingerprint density at radius 3 is 2.36 bits per heavy atom. The predicted molar refractivity (Wildman–Crippen MR) is 101 cm³/mol. The van der Waals surface area contributed by atoms with Crippen LogP contribution in [0.1, 0.15) is 36.2 Å². The zero-order valence-corrected chi connectivity index (χ0v) is 15.9. The number of carbonyl (C=O) groups excluding carboxylic acids is 1. The van der Waals surface area contributed by atoms with Crippen LogP contribution in [0.2, 0.25) is 0 Å². The summed E-state index contributed by atoms with van der Waals surface area (Å²) in [6.07, 6.45) is 0.875. The van der Waals surface area contributed by atoms with Crippen molar-refractivity contribution in [1.82, 2.24) is 14.7 Å². The molecule has 25 heavy (non-hydrogen) atoms. The van der Waals surface area contributed by atoms with E-state index >= 15 is 0 Å². The maximum atomic E-state index is 12.8. The lowest BCUT2D eigenvalue weighted by atomic mass is 9.79. The second-order valence-electron chi connectivity index (χ2n) is 8.39. The number of nitrogens with zero attached hydrogens (tertiary/aromatic N) is 3. The highest BCUT2D eigenvalue weighted by molar-refractivity contribution is 5.94. The first-order valence-electron chi connectivity index (χ1n) is 9.40. The zero-order valence-electron chi connectivity index (χ0n) is 15.9. The summed E-state index contributed by atoms with van der Waals surface area (Å²) in [6.45, 7) is 11.2. The summed E-state index contributed by atoms with van der Waals surface area (Å²) in [5, 5.41) is 0. The van der Waals surface area contributed by atoms with Crippen LogP contribution in [0.3, 0.4) is 0 Å². The summed E-state index contributed by atoms with van der Waals surface area (Å²) in [4.78, 5) is 19.6. The average molecular weight is 345 g/mol. The van der Waals surface area contributed by atoms with Crippen LogP contribution < -0.4 is 5.73 Å². The van der Waals surface area contributed by atoms with Gasteiger partial charge in [-0.25, -0.2) is 0 Å². The molecule has 1 aromatic carbocycles. The van der Waals surface area contributed by atoms with Crippen LogP contribution >= 0.6 is 0 Å². The van der Waals surface area contributed by atoms with E-state index < -0.39 is 0 Å². The van der Waals surface area contributed by atoms with Crippen molar-refractivity contribution in [2.24, 2.45) is 11.1 Å². The highest BCUT2D eigenvalue weighted by Gasteiger charge is 2.35. The minimum atomic E-state index is -0.0186. The maximum absolute atomic E-state index is 12.8. The fourth-order valence-corrected chi connectivity index (χ4v) is 3.75. The topological polar surface area (TPSA) is 52.8 Å². The quantitative estimate of drug-likeness (QED) is 0.906. The zero-order chi connectivity index (χ0) is 18.0. The molecular formula is C20H32N4O. The van der Waals surface area contributed by atoms with Gasteiger partial charge in [0.1, 0.15) is 0 Å². The first-order chi connectivity index (χ1) is 11.8. The third kappa shape index (κ3) is 4.40. The van der Waals surface area contributed by atoms with Crippen molar-refractivity contribution in [3.8, 4) is 0 Å². The molecule has 2 aliphatic rings. The van der Waals surface area contributed by atoms with Gasteiger partial charge >= 0.3 is 0 Å². The van der Waals surface area contributed by atoms with Gasteiger partial charge in [-0.1, -0.05) is 26.0 Å². The molecule has 1 unspecified atom stereocenters. The molecule has 2 aliphatic heterocycles. The van der Waals surface area contributed by atoms with Gasteiger partial charge in [-0.3, -0.25) is 9.69 Å². The van der Waals surface area contributed by atoms with E-state index in [1.165, 1.54) is 5.56 Å². The number of likely N-dealkylation sites (N-methyl/N-ethyl adjacent to an activating group) is 1. The highest BCUT2D eigenvalue weighted by Crippen LogP contribution is 2.28. The van der Waals surface area contributed by atoms with Crippen LogP contribution in [0.15, 0.2) is 24.3 Å². The maximum Gasteiger partial charge on any atom is 0.253 e. The van der Waals surface area contributed by atoms with Crippen molar-refractivity contribution in [3.05, 3.63) is 35.4 Å². The van der Waals surface area contributed by atoms with Crippen molar-refractivity contribution < 1.29 is 4.79 Å². The van der Waals surface area contributed by atoms with Gasteiger partial charge in [0.25, 0.3) is 5.91 Å². The standard InChI is InChI=1S/C20H32N4O/c1-20(2)15-24(9-8-18(20)21)19(25)17-6-4-16(5-7-17)14-23-12-10-22(3)11-13-23/h4-7,18H,8-15,21H2,1-3H3. The van der Waals surface area contributed by atoms with Crippen molar-refractivity contribution in [1.29, 1.82) is 0 Å². The van der Waals surface area contributed by atoms with Crippen LogP contribution in [0, 0.1) is 5.41 Å². The lowest BCUT2D eigenvalue weighted by Gasteiger charge is -2.42. The van der Waals surface area contributed by atoms with E-state index in [-0.39, 0.29) is 17.4 Å². The summed E-state index contributed by atoms with van der Waals surface area (Å²) in [7, 11) is 2.17. The van der Waals surface area contributed by atoms with Gasteiger partial charge < -0.3 is 15.5 Å². The van der Waals surface area contributed by atoms with Crippen molar-refractivity contribution in [3.63, 3.8) is 0 Å². The number of benzene rings is 1. The smallest absolute Gasteiger partial charge is 0.253 e. The first-order valence-corrected chi connectivity index (χ1v) is 9.40. The molecule has 1 aromatic rings. The molecule has 1 atom stereocenters. The second-order valence-corrected chi connectivity index (χ2v) is 8.39. The highest BCUT2D eigenvalue weighted by atomic mass is 16.2. The van der Waals surface area contributed by atoms with E-state index in [0.29, 0.717) is 0 Å². The monoisotopic (exact) mass is 344 g/mol. The van der Waals surface area contributed by atoms with Gasteiger partial charge in [0.2, 0.25) is 0 Å². The normalized spacial score (nSPS) is 25.1. The summed E-state index contributed by atoms with van der Waals surface area (Å²) in [5.41, 5.74) is 8.23. The average Bonchev–Trinajstić information content (AvgIpc) is 2.59. The lowest BCUT2D eigenvalue weighted by molar-refractivity contribution is 0.0533. The molecule has 2 N–H and O–H groups in total. The minimum Gasteiger partial charge on any atom is -0.338 e. The van der Waals surface area contributed by atoms with Crippen molar-refractivity contribution >= 4 is 5.91 Å². The number of piperidine rings is 1. The number of piperazine rings is 1. The first kappa shape index (κ1) is 18.4. The predicted octanol–water partition coefficient (Wildman–Crippen LogP) is 1.63. The molecule has 5 heteroatoms. The Morgan fingerprint density at radius 2 is 1.76 bits per heavy atom. The molecule has 0 spiro atoms. The Bertz CT molecular complexity index is 590. The Balaban J connectivity index is 1.59. The lowest BCUT2D eigenvalue weighted by Crippen LogP contribution is -2.54. The van der Waals surface area contributed by atoms with Crippen molar-refractivity contribution in [2.75, 3.05) is 46.3 Å². The van der Waals surface area contributed by atoms with E-state index in [0.717, 1.165) is 57.8 Å². The Hall–Kier alpha value is -1.43. The third-order valence-electron chi connectivity index (χ3n) is 5.80. The third-order valence-corrected chi connectivity index (χ3v) is 5.80. The number of rotatable bonds is 3. The molecule has 0 aromatic heterocycles. The van der Waals surface area contributed by atoms with Gasteiger partial charge in [0.05, 0.1) is 0 Å². The number of nitrogens with two attached hydrogens (primary N) is 1. The van der Waals surface area contributed by atoms with Gasteiger partial charge in [-0.05, 0) is 36.6 Å². The Morgan fingerprint density at radius 1 is 1.12 bits per heavy atom. The van der Waals surface area contributed by atoms with Gasteiger partial charge in [0, 0.05) is 57.4 Å². The summed E-state index contributed by atoms with van der Waals surface area (Å²) >= 11 is 0. The molecular weight excluding hydrogens is 312 g/mol. The number of hydrogen-bond acceptors (Lipinski definition) is 4. The molecule has 0 aliphatic carbocycles. The number of amides is 1. The summed E-state index contributed by atoms with van der Waals surface area (Å²) in [5.74, 6) is 0.131. The molecule has 138 valence electrons. The fraction of sp³-hybridized carbons (Fsp3) is 0.650. The van der Waals surface area contributed by atoms with Crippen LogP contribution in [-0.4, -0.2) is 73.0 Å². The van der Waals surface area contributed by atoms with E-state index in [9.17, 15) is 4.79 Å². The molecule has 0 radical (unpaired) electrons. The second kappa shape index (κ2) is 7.44. The van der Waals surface area contributed by atoms with Gasteiger partial charge in [0.15, 0.2) is 0 Å². The van der Waals surface area contributed by atoms with Crippen LogP contribution in [0.5, 0.6) is 0 Å². The van der Waals surface area contributed by atoms with E-state index in [1.807, 2.05) is 17.0 Å². The minimum absolute atomic E-state index is 0.0186. The molecule has 2 heterocycles. The molecule has 0 saturated carbocycles. The van der Waals surface area contributed by atoms with Crippen LogP contribution in [0.25, 0.3) is 0 Å². The molecule has 1 amide bonds. The Labute approximate surface area is 151 Å². The molecule has 3 rings (SSSR count). The van der Waals surface area contributed by atoms with E-state index in [1.54, 1.807) is 0 Å². The number of hydrogen-bond donors (Lipinski definition) is 1. The summed E-state index contributed by atoms with van der Waals surface area (Å²) in [6, 6.07) is 8.34. The largest absolute Gasteiger partial charge is 0.338 e.